The lowest BCUT2D eigenvalue weighted by Gasteiger charge is -2.08. The van der Waals surface area contributed by atoms with Gasteiger partial charge in [-0.3, -0.25) is 0 Å². The van der Waals surface area contributed by atoms with Gasteiger partial charge in [-0.2, -0.15) is 0 Å². The highest BCUT2D eigenvalue weighted by molar-refractivity contribution is 8.47. The summed E-state index contributed by atoms with van der Waals surface area (Å²) in [5.41, 5.74) is 1.98. The van der Waals surface area contributed by atoms with Crippen molar-refractivity contribution in [3.05, 3.63) is 42.2 Å². The molecule has 0 N–H and O–H groups in total. The number of rotatable bonds is 6. The van der Waals surface area contributed by atoms with Gasteiger partial charge in [-0.15, -0.1) is 16.9 Å². The third-order valence-corrected chi connectivity index (χ3v) is 5.74. The van der Waals surface area contributed by atoms with Crippen molar-refractivity contribution in [2.45, 2.75) is 31.9 Å². The summed E-state index contributed by atoms with van der Waals surface area (Å²) in [6.07, 6.45) is 4.40. The molecule has 0 fully saturated rings. The molecule has 1 aromatic heterocycles. The first-order chi connectivity index (χ1) is 10.2. The van der Waals surface area contributed by atoms with Crippen LogP contribution in [0.5, 0.6) is 0 Å². The lowest BCUT2D eigenvalue weighted by atomic mass is 10.3. The topological polar surface area (TPSA) is 30.7 Å². The molecule has 2 aromatic rings. The molecule has 2 rings (SSSR count). The number of aromatic nitrogens is 3. The van der Waals surface area contributed by atoms with Gasteiger partial charge in [0.25, 0.3) is 0 Å². The Morgan fingerprint density at radius 2 is 2.10 bits per heavy atom. The quantitative estimate of drug-likeness (QED) is 0.554. The molecule has 0 spiro atoms. The lowest BCUT2D eigenvalue weighted by Crippen LogP contribution is -1.94. The van der Waals surface area contributed by atoms with Crippen LogP contribution in [0.2, 0.25) is 0 Å². The van der Waals surface area contributed by atoms with E-state index in [0.29, 0.717) is 0 Å². The number of benzene rings is 1. The summed E-state index contributed by atoms with van der Waals surface area (Å²) in [5.74, 6) is 1.10. The monoisotopic (exact) mass is 337 g/mol. The standard InChI is InChI=1S/C15H19N3S3/c1-3-4-10-20-15(19)21-12(2)14-11-18(17-16-14)13-8-6-5-7-9-13/h5-9,11-12H,3-4,10H2,1-2H3. The van der Waals surface area contributed by atoms with Crippen molar-refractivity contribution in [3.63, 3.8) is 0 Å². The van der Waals surface area contributed by atoms with E-state index in [2.05, 4.69) is 24.2 Å². The third-order valence-electron chi connectivity index (χ3n) is 2.94. The fourth-order valence-electron chi connectivity index (χ4n) is 1.71. The first kappa shape index (κ1) is 16.5. The predicted molar refractivity (Wildman–Crippen MR) is 97.3 cm³/mol. The average Bonchev–Trinajstić information content (AvgIpc) is 2.98. The van der Waals surface area contributed by atoms with Crippen LogP contribution in [0.3, 0.4) is 0 Å². The zero-order chi connectivity index (χ0) is 15.1. The van der Waals surface area contributed by atoms with E-state index in [-0.39, 0.29) is 5.25 Å². The minimum absolute atomic E-state index is 0.226. The van der Waals surface area contributed by atoms with Crippen molar-refractivity contribution in [3.8, 4) is 5.69 Å². The van der Waals surface area contributed by atoms with Crippen LogP contribution in [0, 0.1) is 0 Å². The number of thioether (sulfide) groups is 2. The molecule has 21 heavy (non-hydrogen) atoms. The van der Waals surface area contributed by atoms with Gasteiger partial charge in [-0.1, -0.05) is 60.7 Å². The first-order valence-electron chi connectivity index (χ1n) is 7.01. The Balaban J connectivity index is 1.93. The number of unbranched alkanes of at least 4 members (excludes halogenated alkanes) is 1. The van der Waals surface area contributed by atoms with Gasteiger partial charge >= 0.3 is 0 Å². The Labute approximate surface area is 139 Å². The van der Waals surface area contributed by atoms with Crippen molar-refractivity contribution < 1.29 is 0 Å². The van der Waals surface area contributed by atoms with Crippen LogP contribution in [-0.2, 0) is 0 Å². The highest BCUT2D eigenvalue weighted by atomic mass is 32.2. The normalized spacial score (nSPS) is 12.3. The van der Waals surface area contributed by atoms with Crippen molar-refractivity contribution in [2.24, 2.45) is 0 Å². The Morgan fingerprint density at radius 3 is 2.81 bits per heavy atom. The summed E-state index contributed by atoms with van der Waals surface area (Å²) in [5, 5.41) is 8.68. The first-order valence-corrected chi connectivity index (χ1v) is 9.29. The number of thiocarbonyl (C=S) groups is 1. The number of hydrogen-bond acceptors (Lipinski definition) is 5. The molecule has 0 saturated heterocycles. The van der Waals surface area contributed by atoms with Crippen molar-refractivity contribution in [1.29, 1.82) is 0 Å². The molecular weight excluding hydrogens is 318 g/mol. The lowest BCUT2D eigenvalue weighted by molar-refractivity contribution is 0.797. The molecule has 112 valence electrons. The number of nitrogens with zero attached hydrogens (tertiary/aromatic N) is 3. The van der Waals surface area contributed by atoms with Gasteiger partial charge in [0.05, 0.1) is 22.8 Å². The third kappa shape index (κ3) is 5.13. The second-order valence-corrected chi connectivity index (χ2v) is 8.28. The van der Waals surface area contributed by atoms with E-state index in [0.717, 1.165) is 20.7 Å². The molecule has 0 amide bonds. The number of hydrogen-bond donors (Lipinski definition) is 0. The van der Waals surface area contributed by atoms with Crippen molar-refractivity contribution in [2.75, 3.05) is 5.75 Å². The van der Waals surface area contributed by atoms with Crippen molar-refractivity contribution >= 4 is 39.3 Å². The maximum Gasteiger partial charge on any atom is 0.104 e. The van der Waals surface area contributed by atoms with E-state index in [1.165, 1.54) is 12.8 Å². The molecule has 0 aliphatic carbocycles. The molecule has 0 radical (unpaired) electrons. The van der Waals surface area contributed by atoms with Crippen LogP contribution < -0.4 is 0 Å². The maximum absolute atomic E-state index is 5.41. The van der Waals surface area contributed by atoms with E-state index < -0.39 is 0 Å². The zero-order valence-corrected chi connectivity index (χ0v) is 14.7. The van der Waals surface area contributed by atoms with Crippen molar-refractivity contribution in [1.82, 2.24) is 15.0 Å². The van der Waals surface area contributed by atoms with Crippen LogP contribution in [0.4, 0.5) is 0 Å². The molecule has 3 nitrogen and oxygen atoms in total. The SMILES string of the molecule is CCCCSC(=S)SC(C)c1cn(-c2ccccc2)nn1. The molecule has 0 bridgehead atoms. The fraction of sp³-hybridized carbons (Fsp3) is 0.400. The van der Waals surface area contributed by atoms with Crippen LogP contribution in [0.25, 0.3) is 5.69 Å². The van der Waals surface area contributed by atoms with Gasteiger partial charge in [0.15, 0.2) is 0 Å². The highest BCUT2D eigenvalue weighted by Gasteiger charge is 2.14. The summed E-state index contributed by atoms with van der Waals surface area (Å²) in [6, 6.07) is 10.0. The van der Waals surface area contributed by atoms with E-state index in [4.69, 9.17) is 12.2 Å². The Morgan fingerprint density at radius 1 is 1.33 bits per heavy atom. The predicted octanol–water partition coefficient (Wildman–Crippen LogP) is 4.88. The van der Waals surface area contributed by atoms with Gasteiger partial charge < -0.3 is 0 Å². The largest absolute Gasteiger partial charge is 0.220 e. The Hall–Kier alpha value is -0.850. The summed E-state index contributed by atoms with van der Waals surface area (Å²) in [4.78, 5) is 0. The number of para-hydroxylation sites is 1. The highest BCUT2D eigenvalue weighted by Crippen LogP contribution is 2.32. The molecular formula is C15H19N3S3. The second-order valence-electron chi connectivity index (χ2n) is 4.64. The molecule has 0 aliphatic heterocycles. The summed E-state index contributed by atoms with van der Waals surface area (Å²) in [6.45, 7) is 4.32. The molecule has 6 heteroatoms. The molecule has 0 saturated carbocycles. The minimum Gasteiger partial charge on any atom is -0.220 e. The minimum atomic E-state index is 0.226. The van der Waals surface area contributed by atoms with Gasteiger partial charge in [0.1, 0.15) is 3.53 Å². The smallest absolute Gasteiger partial charge is 0.104 e. The zero-order valence-electron chi connectivity index (χ0n) is 12.2. The maximum atomic E-state index is 5.41. The van der Waals surface area contributed by atoms with Gasteiger partial charge in [0, 0.05) is 0 Å². The van der Waals surface area contributed by atoms with E-state index >= 15 is 0 Å². The molecule has 1 atom stereocenters. The summed E-state index contributed by atoms with van der Waals surface area (Å²) < 4.78 is 2.80. The van der Waals surface area contributed by atoms with Crippen LogP contribution in [0.15, 0.2) is 36.5 Å². The molecule has 1 aromatic carbocycles. The average molecular weight is 338 g/mol. The Bertz CT molecular complexity index is 569. The summed E-state index contributed by atoms with van der Waals surface area (Å²) in [7, 11) is 0. The van der Waals surface area contributed by atoms with Gasteiger partial charge in [-0.25, -0.2) is 4.68 Å². The van der Waals surface area contributed by atoms with E-state index in [1.54, 1.807) is 28.2 Å². The van der Waals surface area contributed by atoms with Crippen LogP contribution >= 0.6 is 35.7 Å². The van der Waals surface area contributed by atoms with E-state index in [1.807, 2.05) is 36.5 Å². The molecule has 1 unspecified atom stereocenters. The Kier molecular flexibility index (Phi) is 6.73. The van der Waals surface area contributed by atoms with Crippen LogP contribution in [-0.4, -0.2) is 24.3 Å². The molecule has 0 aliphatic rings. The van der Waals surface area contributed by atoms with E-state index in [9.17, 15) is 0 Å². The fourth-order valence-corrected chi connectivity index (χ4v) is 4.46. The molecule has 1 heterocycles. The van der Waals surface area contributed by atoms with Crippen LogP contribution in [0.1, 0.15) is 37.6 Å². The van der Waals surface area contributed by atoms with Gasteiger partial charge in [-0.05, 0) is 31.2 Å². The summed E-state index contributed by atoms with van der Waals surface area (Å²) >= 11 is 8.87. The second kappa shape index (κ2) is 8.56. The van der Waals surface area contributed by atoms with Gasteiger partial charge in [0.2, 0.25) is 0 Å².